The Morgan fingerprint density at radius 3 is 2.52 bits per heavy atom. The van der Waals surface area contributed by atoms with Crippen LogP contribution in [0.2, 0.25) is 0 Å². The Balaban J connectivity index is 1.56. The van der Waals surface area contributed by atoms with Gasteiger partial charge in [-0.2, -0.15) is 13.2 Å². The van der Waals surface area contributed by atoms with E-state index in [2.05, 4.69) is 15.0 Å². The van der Waals surface area contributed by atoms with Gasteiger partial charge >= 0.3 is 6.18 Å². The van der Waals surface area contributed by atoms with E-state index >= 15 is 0 Å². The first kappa shape index (κ1) is 19.0. The molecule has 0 fully saturated rings. The second kappa shape index (κ2) is 7.27. The molecule has 4 rings (SSSR count). The molecular formula is C21H20F3N5. The molecule has 1 N–H and O–H groups in total. The molecule has 0 aliphatic rings. The Kier molecular flexibility index (Phi) is 4.77. The molecule has 4 aromatic rings. The molecule has 0 atom stereocenters. The van der Waals surface area contributed by atoms with Crippen LogP contribution in [-0.4, -0.2) is 24.1 Å². The first-order valence-corrected chi connectivity index (χ1v) is 9.22. The minimum absolute atomic E-state index is 0.131. The summed E-state index contributed by atoms with van der Waals surface area (Å²) in [7, 11) is 0. The van der Waals surface area contributed by atoms with E-state index in [1.807, 2.05) is 61.1 Å². The Morgan fingerprint density at radius 2 is 1.90 bits per heavy atom. The second-order valence-electron chi connectivity index (χ2n) is 7.18. The first-order valence-electron chi connectivity index (χ1n) is 9.22. The lowest BCUT2D eigenvalue weighted by atomic mass is 10.1. The zero-order valence-electron chi connectivity index (χ0n) is 16.0. The molecule has 0 amide bonds. The fourth-order valence-electron chi connectivity index (χ4n) is 3.22. The van der Waals surface area contributed by atoms with Gasteiger partial charge in [0.2, 0.25) is 0 Å². The van der Waals surface area contributed by atoms with Crippen molar-refractivity contribution in [2.75, 3.05) is 0 Å². The Morgan fingerprint density at radius 1 is 1.14 bits per heavy atom. The number of rotatable bonds is 5. The number of imidazole rings is 2. The molecule has 29 heavy (non-hydrogen) atoms. The molecule has 150 valence electrons. The van der Waals surface area contributed by atoms with Gasteiger partial charge in [0, 0.05) is 48.5 Å². The van der Waals surface area contributed by atoms with Crippen LogP contribution in [-0.2, 0) is 12.6 Å². The average Bonchev–Trinajstić information content (AvgIpc) is 3.41. The van der Waals surface area contributed by atoms with E-state index in [1.165, 1.54) is 0 Å². The maximum Gasteiger partial charge on any atom is 0.434 e. The predicted molar refractivity (Wildman–Crippen MR) is 104 cm³/mol. The van der Waals surface area contributed by atoms with Crippen molar-refractivity contribution < 1.29 is 13.2 Å². The minimum Gasteiger partial charge on any atom is -0.363 e. The van der Waals surface area contributed by atoms with Gasteiger partial charge in [-0.05, 0) is 25.5 Å². The van der Waals surface area contributed by atoms with Crippen molar-refractivity contribution in [3.63, 3.8) is 0 Å². The van der Waals surface area contributed by atoms with Gasteiger partial charge in [-0.3, -0.25) is 0 Å². The third-order valence-corrected chi connectivity index (χ3v) is 4.72. The van der Waals surface area contributed by atoms with Crippen molar-refractivity contribution in [2.45, 2.75) is 32.5 Å². The van der Waals surface area contributed by atoms with Gasteiger partial charge < -0.3 is 14.1 Å². The largest absolute Gasteiger partial charge is 0.434 e. The molecule has 0 spiro atoms. The average molecular weight is 399 g/mol. The topological polar surface area (TPSA) is 51.4 Å². The zero-order valence-corrected chi connectivity index (χ0v) is 16.0. The molecule has 0 saturated carbocycles. The number of benzene rings is 1. The number of aromatic amines is 1. The number of nitrogens with one attached hydrogen (secondary N) is 1. The van der Waals surface area contributed by atoms with Crippen molar-refractivity contribution in [3.05, 3.63) is 78.4 Å². The van der Waals surface area contributed by atoms with Crippen LogP contribution in [0.1, 0.15) is 36.8 Å². The highest BCUT2D eigenvalue weighted by Crippen LogP contribution is 2.32. The molecule has 0 bridgehead atoms. The molecule has 3 aromatic heterocycles. The van der Waals surface area contributed by atoms with Crippen LogP contribution in [0.3, 0.4) is 0 Å². The highest BCUT2D eigenvalue weighted by Gasteiger charge is 2.35. The third kappa shape index (κ3) is 3.96. The molecule has 8 heteroatoms. The third-order valence-electron chi connectivity index (χ3n) is 4.72. The van der Waals surface area contributed by atoms with Gasteiger partial charge in [0.05, 0.1) is 12.0 Å². The lowest BCUT2D eigenvalue weighted by Crippen LogP contribution is -2.05. The molecule has 3 heterocycles. The molecule has 0 aliphatic carbocycles. The number of halogens is 3. The highest BCUT2D eigenvalue weighted by atomic mass is 19.4. The predicted octanol–water partition coefficient (Wildman–Crippen LogP) is 5.25. The normalized spacial score (nSPS) is 12.1. The quantitative estimate of drug-likeness (QED) is 0.498. The summed E-state index contributed by atoms with van der Waals surface area (Å²) < 4.78 is 42.7. The van der Waals surface area contributed by atoms with Crippen LogP contribution >= 0.6 is 0 Å². The number of aromatic nitrogens is 5. The van der Waals surface area contributed by atoms with Crippen LogP contribution in [0.25, 0.3) is 17.1 Å². The second-order valence-corrected chi connectivity index (χ2v) is 7.18. The van der Waals surface area contributed by atoms with Crippen molar-refractivity contribution in [1.82, 2.24) is 24.1 Å². The van der Waals surface area contributed by atoms with Gasteiger partial charge in [0.1, 0.15) is 5.82 Å². The van der Waals surface area contributed by atoms with Gasteiger partial charge in [-0.1, -0.05) is 24.3 Å². The van der Waals surface area contributed by atoms with Gasteiger partial charge in [0.15, 0.2) is 5.69 Å². The lowest BCUT2D eigenvalue weighted by molar-refractivity contribution is -0.140. The molecule has 5 nitrogen and oxygen atoms in total. The standard InChI is InChI=1S/C21H20F3N5/c1-14(2)29-12-19(21(22,23)24)27-20(29)16-5-3-15(4-6-16)9-17-10-18(11-26-17)28-8-7-25-13-28/h3-8,10-14,26H,9H2,1-2H3. The van der Waals surface area contributed by atoms with Crippen molar-refractivity contribution >= 4 is 0 Å². The molecule has 0 radical (unpaired) electrons. The Bertz CT molecular complexity index is 1090. The summed E-state index contributed by atoms with van der Waals surface area (Å²) in [4.78, 5) is 11.1. The smallest absolute Gasteiger partial charge is 0.363 e. The van der Waals surface area contributed by atoms with Crippen LogP contribution in [0.4, 0.5) is 13.2 Å². The number of alkyl halides is 3. The van der Waals surface area contributed by atoms with Crippen molar-refractivity contribution in [3.8, 4) is 17.1 Å². The van der Waals surface area contributed by atoms with Crippen LogP contribution in [0.5, 0.6) is 0 Å². The van der Waals surface area contributed by atoms with Crippen LogP contribution in [0, 0.1) is 0 Å². The summed E-state index contributed by atoms with van der Waals surface area (Å²) in [6.07, 6.45) is 4.52. The minimum atomic E-state index is -4.46. The summed E-state index contributed by atoms with van der Waals surface area (Å²) in [5.41, 5.74) is 2.86. The summed E-state index contributed by atoms with van der Waals surface area (Å²) in [6, 6.07) is 9.37. The summed E-state index contributed by atoms with van der Waals surface area (Å²) in [5, 5.41) is 0. The van der Waals surface area contributed by atoms with Crippen LogP contribution in [0.15, 0.2) is 61.4 Å². The summed E-state index contributed by atoms with van der Waals surface area (Å²) in [6.45, 7) is 3.67. The number of H-pyrrole nitrogens is 1. The molecule has 0 saturated heterocycles. The van der Waals surface area contributed by atoms with E-state index in [-0.39, 0.29) is 6.04 Å². The summed E-state index contributed by atoms with van der Waals surface area (Å²) in [5.74, 6) is 0.321. The molecule has 0 unspecified atom stereocenters. The van der Waals surface area contributed by atoms with Crippen molar-refractivity contribution in [2.24, 2.45) is 0 Å². The molecule has 1 aromatic carbocycles. The zero-order chi connectivity index (χ0) is 20.6. The van der Waals surface area contributed by atoms with E-state index in [0.717, 1.165) is 23.1 Å². The fourth-order valence-corrected chi connectivity index (χ4v) is 3.22. The molecular weight excluding hydrogens is 379 g/mol. The van der Waals surface area contributed by atoms with Crippen LogP contribution < -0.4 is 0 Å². The van der Waals surface area contributed by atoms with E-state index in [0.29, 0.717) is 17.8 Å². The van der Waals surface area contributed by atoms with E-state index in [1.54, 1.807) is 17.1 Å². The number of nitrogens with zero attached hydrogens (tertiary/aromatic N) is 4. The van der Waals surface area contributed by atoms with Gasteiger partial charge in [-0.15, -0.1) is 0 Å². The monoisotopic (exact) mass is 399 g/mol. The van der Waals surface area contributed by atoms with E-state index < -0.39 is 11.9 Å². The Labute approximate surface area is 165 Å². The lowest BCUT2D eigenvalue weighted by Gasteiger charge is -2.11. The van der Waals surface area contributed by atoms with E-state index in [9.17, 15) is 13.2 Å². The van der Waals surface area contributed by atoms with Crippen molar-refractivity contribution in [1.29, 1.82) is 0 Å². The maximum atomic E-state index is 13.1. The maximum absolute atomic E-state index is 13.1. The first-order chi connectivity index (χ1) is 13.8. The number of hydrogen-bond donors (Lipinski definition) is 1. The molecule has 0 aliphatic heterocycles. The Hall–Kier alpha value is -3.29. The summed E-state index contributed by atoms with van der Waals surface area (Å²) >= 11 is 0. The fraction of sp³-hybridized carbons (Fsp3) is 0.238. The number of hydrogen-bond acceptors (Lipinski definition) is 2. The van der Waals surface area contributed by atoms with E-state index in [4.69, 9.17) is 0 Å². The highest BCUT2D eigenvalue weighted by molar-refractivity contribution is 5.57. The SMILES string of the molecule is CC(C)n1cc(C(F)(F)F)nc1-c1ccc(Cc2cc(-n3ccnc3)c[nH]2)cc1. The van der Waals surface area contributed by atoms with Gasteiger partial charge in [0.25, 0.3) is 0 Å². The van der Waals surface area contributed by atoms with Gasteiger partial charge in [-0.25, -0.2) is 9.97 Å².